The van der Waals surface area contributed by atoms with Crippen molar-refractivity contribution in [3.8, 4) is 5.75 Å². The topological polar surface area (TPSA) is 36.0 Å². The van der Waals surface area contributed by atoms with Crippen molar-refractivity contribution < 1.29 is 9.53 Å². The monoisotopic (exact) mass is 497 g/mol. The smallest absolute Gasteiger partial charge is 0.320 e. The van der Waals surface area contributed by atoms with E-state index in [1.54, 1.807) is 0 Å². The van der Waals surface area contributed by atoms with E-state index in [0.29, 0.717) is 29.8 Å². The van der Waals surface area contributed by atoms with Crippen LogP contribution in [0.4, 0.5) is 4.79 Å². The standard InChI is InChI=1S/C31H51N3O2/c1-24(2)30(25(3)4)36-29-15-9-8-14-28(29)26-16-20-32(21-17-26)18-10-11-19-33-22-23-34(31(33)35)27-12-6-5-7-13-27/h8-9,14-15,24-27,30H,5-7,10-13,16-23H2,1-4H3. The molecular weight excluding hydrogens is 446 g/mol. The number of likely N-dealkylation sites (tertiary alicyclic amines) is 1. The van der Waals surface area contributed by atoms with Gasteiger partial charge in [-0.1, -0.05) is 65.2 Å². The molecular formula is C31H51N3O2. The van der Waals surface area contributed by atoms with Crippen LogP contribution in [-0.4, -0.2) is 72.1 Å². The molecule has 3 aliphatic rings. The number of carbonyl (C=O) groups excluding carboxylic acids is 1. The highest BCUT2D eigenvalue weighted by atomic mass is 16.5. The van der Waals surface area contributed by atoms with E-state index >= 15 is 0 Å². The average Bonchev–Trinajstić information content (AvgIpc) is 3.26. The van der Waals surface area contributed by atoms with Crippen molar-refractivity contribution in [2.45, 2.75) is 104 Å². The van der Waals surface area contributed by atoms with Gasteiger partial charge in [0.2, 0.25) is 0 Å². The average molecular weight is 498 g/mol. The molecule has 3 fully saturated rings. The van der Waals surface area contributed by atoms with Crippen LogP contribution < -0.4 is 4.74 Å². The van der Waals surface area contributed by atoms with Gasteiger partial charge in [0.05, 0.1) is 0 Å². The Hall–Kier alpha value is -1.75. The van der Waals surface area contributed by atoms with Gasteiger partial charge in [0.15, 0.2) is 0 Å². The largest absolute Gasteiger partial charge is 0.490 e. The molecule has 5 heteroatoms. The molecule has 2 heterocycles. The van der Waals surface area contributed by atoms with E-state index in [1.807, 2.05) is 0 Å². The minimum atomic E-state index is 0.253. The van der Waals surface area contributed by atoms with E-state index in [9.17, 15) is 4.79 Å². The van der Waals surface area contributed by atoms with Crippen LogP contribution in [0, 0.1) is 11.8 Å². The van der Waals surface area contributed by atoms with Crippen molar-refractivity contribution in [1.29, 1.82) is 0 Å². The Morgan fingerprint density at radius 2 is 1.50 bits per heavy atom. The lowest BCUT2D eigenvalue weighted by Gasteiger charge is -2.34. The number of unbranched alkanes of at least 4 members (excludes halogenated alkanes) is 1. The van der Waals surface area contributed by atoms with E-state index < -0.39 is 0 Å². The first-order chi connectivity index (χ1) is 17.4. The summed E-state index contributed by atoms with van der Waals surface area (Å²) >= 11 is 0. The lowest BCUT2D eigenvalue weighted by Crippen LogP contribution is -2.40. The Kier molecular flexibility index (Phi) is 9.98. The molecule has 0 unspecified atom stereocenters. The summed E-state index contributed by atoms with van der Waals surface area (Å²) in [7, 11) is 0. The van der Waals surface area contributed by atoms with Gasteiger partial charge < -0.3 is 19.4 Å². The van der Waals surface area contributed by atoms with Gasteiger partial charge in [-0.25, -0.2) is 4.79 Å². The molecule has 0 atom stereocenters. The zero-order chi connectivity index (χ0) is 25.5. The zero-order valence-electron chi connectivity index (χ0n) is 23.5. The summed E-state index contributed by atoms with van der Waals surface area (Å²) in [6.45, 7) is 15.3. The number of ether oxygens (including phenoxy) is 1. The number of urea groups is 1. The van der Waals surface area contributed by atoms with Crippen LogP contribution in [-0.2, 0) is 0 Å². The number of para-hydroxylation sites is 1. The van der Waals surface area contributed by atoms with Crippen LogP contribution in [0.3, 0.4) is 0 Å². The minimum Gasteiger partial charge on any atom is -0.490 e. The van der Waals surface area contributed by atoms with E-state index in [2.05, 4.69) is 66.7 Å². The number of carbonyl (C=O) groups is 1. The second kappa shape index (κ2) is 13.2. The van der Waals surface area contributed by atoms with Crippen molar-refractivity contribution in [3.63, 3.8) is 0 Å². The van der Waals surface area contributed by atoms with Gasteiger partial charge >= 0.3 is 6.03 Å². The number of benzene rings is 1. The Bertz CT molecular complexity index is 804. The van der Waals surface area contributed by atoms with Crippen LogP contribution in [0.15, 0.2) is 24.3 Å². The molecule has 0 aromatic heterocycles. The summed E-state index contributed by atoms with van der Waals surface area (Å²) < 4.78 is 6.58. The van der Waals surface area contributed by atoms with Crippen molar-refractivity contribution >= 4 is 6.03 Å². The number of nitrogens with zero attached hydrogens (tertiary/aromatic N) is 3. The summed E-state index contributed by atoms with van der Waals surface area (Å²) in [5.74, 6) is 2.70. The molecule has 2 aliphatic heterocycles. The first-order valence-electron chi connectivity index (χ1n) is 15.0. The van der Waals surface area contributed by atoms with Gasteiger partial charge in [-0.05, 0) is 87.5 Å². The summed E-state index contributed by atoms with van der Waals surface area (Å²) in [4.78, 5) is 19.8. The Balaban J connectivity index is 1.18. The summed E-state index contributed by atoms with van der Waals surface area (Å²) in [6.07, 6.45) is 11.3. The second-order valence-electron chi connectivity index (χ2n) is 12.2. The van der Waals surface area contributed by atoms with Crippen LogP contribution in [0.2, 0.25) is 0 Å². The highest BCUT2D eigenvalue weighted by Crippen LogP contribution is 2.36. The van der Waals surface area contributed by atoms with Gasteiger partial charge in [0, 0.05) is 25.7 Å². The van der Waals surface area contributed by atoms with Crippen molar-refractivity contribution in [2.24, 2.45) is 11.8 Å². The van der Waals surface area contributed by atoms with Crippen molar-refractivity contribution in [3.05, 3.63) is 29.8 Å². The molecule has 0 bridgehead atoms. The summed E-state index contributed by atoms with van der Waals surface area (Å²) in [5.41, 5.74) is 1.40. The number of hydrogen-bond donors (Lipinski definition) is 0. The van der Waals surface area contributed by atoms with Crippen molar-refractivity contribution in [1.82, 2.24) is 14.7 Å². The summed E-state index contributed by atoms with van der Waals surface area (Å²) in [6, 6.07) is 9.57. The predicted molar refractivity (Wildman–Crippen MR) is 149 cm³/mol. The third-order valence-electron chi connectivity index (χ3n) is 8.82. The maximum Gasteiger partial charge on any atom is 0.320 e. The highest BCUT2D eigenvalue weighted by Gasteiger charge is 2.33. The van der Waals surface area contributed by atoms with Gasteiger partial charge in [-0.3, -0.25) is 0 Å². The quantitative estimate of drug-likeness (QED) is 0.316. The molecule has 2 saturated heterocycles. The van der Waals surface area contributed by atoms with Gasteiger partial charge in [-0.2, -0.15) is 0 Å². The molecule has 1 saturated carbocycles. The molecule has 36 heavy (non-hydrogen) atoms. The lowest BCUT2D eigenvalue weighted by molar-refractivity contribution is 0.102. The first-order valence-corrected chi connectivity index (χ1v) is 15.0. The molecule has 0 radical (unpaired) electrons. The number of rotatable bonds is 11. The first kappa shape index (κ1) is 27.3. The van der Waals surface area contributed by atoms with E-state index in [4.69, 9.17) is 4.74 Å². The van der Waals surface area contributed by atoms with Crippen molar-refractivity contribution in [2.75, 3.05) is 39.3 Å². The van der Waals surface area contributed by atoms with E-state index in [1.165, 1.54) is 56.9 Å². The number of hydrogen-bond acceptors (Lipinski definition) is 3. The zero-order valence-corrected chi connectivity index (χ0v) is 23.5. The van der Waals surface area contributed by atoms with Crippen LogP contribution >= 0.6 is 0 Å². The van der Waals surface area contributed by atoms with E-state index in [0.717, 1.165) is 51.4 Å². The molecule has 202 valence electrons. The van der Waals surface area contributed by atoms with Crippen LogP contribution in [0.5, 0.6) is 5.75 Å². The SMILES string of the molecule is CC(C)C(Oc1ccccc1C1CCN(CCCCN2CCN(C3CCCCC3)C2=O)CC1)C(C)C. The minimum absolute atomic E-state index is 0.253. The number of piperidine rings is 1. The Morgan fingerprint density at radius 1 is 0.833 bits per heavy atom. The number of amides is 2. The maximum absolute atomic E-state index is 12.9. The molecule has 0 spiro atoms. The van der Waals surface area contributed by atoms with Crippen LogP contribution in [0.25, 0.3) is 0 Å². The fourth-order valence-corrected chi connectivity index (χ4v) is 6.76. The molecule has 1 aromatic rings. The molecule has 5 nitrogen and oxygen atoms in total. The fourth-order valence-electron chi connectivity index (χ4n) is 6.76. The lowest BCUT2D eigenvalue weighted by atomic mass is 9.88. The van der Waals surface area contributed by atoms with Crippen LogP contribution in [0.1, 0.15) is 97.0 Å². The molecule has 1 aromatic carbocycles. The Morgan fingerprint density at radius 3 is 2.19 bits per heavy atom. The third-order valence-corrected chi connectivity index (χ3v) is 8.82. The molecule has 0 N–H and O–H groups in total. The second-order valence-corrected chi connectivity index (χ2v) is 12.2. The maximum atomic E-state index is 12.9. The highest BCUT2D eigenvalue weighted by molar-refractivity contribution is 5.76. The normalized spacial score (nSPS) is 20.9. The Labute approximate surface area is 220 Å². The predicted octanol–water partition coefficient (Wildman–Crippen LogP) is 6.78. The van der Waals surface area contributed by atoms with Gasteiger partial charge in [0.25, 0.3) is 0 Å². The molecule has 4 rings (SSSR count). The third kappa shape index (κ3) is 6.96. The summed E-state index contributed by atoms with van der Waals surface area (Å²) in [5, 5.41) is 0. The van der Waals surface area contributed by atoms with Gasteiger partial charge in [-0.15, -0.1) is 0 Å². The molecule has 2 amide bonds. The molecule has 1 aliphatic carbocycles. The van der Waals surface area contributed by atoms with Gasteiger partial charge in [0.1, 0.15) is 11.9 Å². The van der Waals surface area contributed by atoms with E-state index in [-0.39, 0.29) is 6.10 Å². The fraction of sp³-hybridized carbons (Fsp3) is 0.774.